The maximum atomic E-state index is 12.3. The van der Waals surface area contributed by atoms with Gasteiger partial charge < -0.3 is 0 Å². The van der Waals surface area contributed by atoms with Gasteiger partial charge in [0, 0.05) is 5.56 Å². The summed E-state index contributed by atoms with van der Waals surface area (Å²) in [6.45, 7) is -0.317. The number of nitrogens with zero attached hydrogens (tertiary/aromatic N) is 3. The van der Waals surface area contributed by atoms with E-state index in [-0.39, 0.29) is 6.54 Å². The molecule has 0 aliphatic carbocycles. The minimum atomic E-state index is -0.467. The van der Waals surface area contributed by atoms with Gasteiger partial charge in [0.05, 0.1) is 12.2 Å². The van der Waals surface area contributed by atoms with Gasteiger partial charge in [-0.2, -0.15) is 4.98 Å². The van der Waals surface area contributed by atoms with Crippen LogP contribution in [0.25, 0.3) is 17.1 Å². The van der Waals surface area contributed by atoms with Gasteiger partial charge in [0.2, 0.25) is 4.80 Å². The second kappa shape index (κ2) is 6.45. The normalized spacial score (nSPS) is 11.8. The molecule has 0 N–H and O–H groups in total. The molecule has 0 amide bonds. The minimum absolute atomic E-state index is 0.149. The Morgan fingerprint density at radius 2 is 1.67 bits per heavy atom. The van der Waals surface area contributed by atoms with Gasteiger partial charge in [-0.25, -0.2) is 8.35 Å². The van der Waals surface area contributed by atoms with Crippen LogP contribution < -0.4 is 4.80 Å². The molecule has 3 nitrogen and oxygen atoms in total. The SMILES string of the molecule is FCCN=c1nc(-c2ccccc2)n(-c2ccccc2)s1. The average molecular weight is 299 g/mol. The third kappa shape index (κ3) is 3.08. The molecule has 0 saturated carbocycles. The van der Waals surface area contributed by atoms with E-state index < -0.39 is 6.67 Å². The monoisotopic (exact) mass is 299 g/mol. The van der Waals surface area contributed by atoms with Gasteiger partial charge in [0.25, 0.3) is 0 Å². The lowest BCUT2D eigenvalue weighted by Gasteiger charge is -2.05. The van der Waals surface area contributed by atoms with Crippen molar-refractivity contribution in [2.45, 2.75) is 0 Å². The molecule has 0 spiro atoms. The molecule has 0 fully saturated rings. The summed E-state index contributed by atoms with van der Waals surface area (Å²) in [4.78, 5) is 9.30. The molecule has 106 valence electrons. The summed E-state index contributed by atoms with van der Waals surface area (Å²) >= 11 is 1.42. The van der Waals surface area contributed by atoms with Crippen LogP contribution in [0, 0.1) is 0 Å². The van der Waals surface area contributed by atoms with Crippen LogP contribution >= 0.6 is 11.5 Å². The lowest BCUT2D eigenvalue weighted by molar-refractivity contribution is 0.502. The molecule has 1 aromatic heterocycles. The lowest BCUT2D eigenvalue weighted by Crippen LogP contribution is -2.00. The van der Waals surface area contributed by atoms with E-state index in [4.69, 9.17) is 0 Å². The van der Waals surface area contributed by atoms with Crippen molar-refractivity contribution >= 4 is 11.5 Å². The second-order valence-electron chi connectivity index (χ2n) is 4.38. The van der Waals surface area contributed by atoms with Crippen molar-refractivity contribution in [3.63, 3.8) is 0 Å². The van der Waals surface area contributed by atoms with E-state index in [0.717, 1.165) is 17.1 Å². The number of aromatic nitrogens is 2. The molecule has 0 saturated heterocycles. The fourth-order valence-electron chi connectivity index (χ4n) is 1.99. The Balaban J connectivity index is 2.15. The van der Waals surface area contributed by atoms with Crippen molar-refractivity contribution in [2.75, 3.05) is 13.2 Å². The Morgan fingerprint density at radius 3 is 2.33 bits per heavy atom. The maximum Gasteiger partial charge on any atom is 0.223 e. The zero-order valence-electron chi connectivity index (χ0n) is 11.3. The largest absolute Gasteiger partial charge is 0.253 e. The Kier molecular flexibility index (Phi) is 4.21. The second-order valence-corrected chi connectivity index (χ2v) is 5.29. The van der Waals surface area contributed by atoms with Crippen molar-refractivity contribution in [2.24, 2.45) is 4.99 Å². The van der Waals surface area contributed by atoms with Crippen molar-refractivity contribution in [1.82, 2.24) is 8.94 Å². The van der Waals surface area contributed by atoms with E-state index in [0.29, 0.717) is 4.80 Å². The number of hydrogen-bond donors (Lipinski definition) is 0. The predicted molar refractivity (Wildman–Crippen MR) is 83.3 cm³/mol. The zero-order chi connectivity index (χ0) is 14.5. The van der Waals surface area contributed by atoms with E-state index in [1.165, 1.54) is 11.5 Å². The summed E-state index contributed by atoms with van der Waals surface area (Å²) in [6.07, 6.45) is 0. The number of rotatable bonds is 4. The fourth-order valence-corrected chi connectivity index (χ4v) is 2.89. The lowest BCUT2D eigenvalue weighted by atomic mass is 10.2. The minimum Gasteiger partial charge on any atom is -0.253 e. The summed E-state index contributed by atoms with van der Waals surface area (Å²) in [7, 11) is 0. The Morgan fingerprint density at radius 1 is 1.00 bits per heavy atom. The smallest absolute Gasteiger partial charge is 0.223 e. The first kappa shape index (κ1) is 13.7. The maximum absolute atomic E-state index is 12.3. The highest BCUT2D eigenvalue weighted by Crippen LogP contribution is 2.21. The summed E-state index contributed by atoms with van der Waals surface area (Å²) < 4.78 is 14.3. The van der Waals surface area contributed by atoms with Gasteiger partial charge in [0.1, 0.15) is 6.67 Å². The van der Waals surface area contributed by atoms with E-state index >= 15 is 0 Å². The van der Waals surface area contributed by atoms with Gasteiger partial charge in [0.15, 0.2) is 5.82 Å². The summed E-state index contributed by atoms with van der Waals surface area (Å²) in [6, 6.07) is 19.9. The van der Waals surface area contributed by atoms with Gasteiger partial charge in [-0.05, 0) is 23.7 Å². The molecular weight excluding hydrogens is 285 g/mol. The number of alkyl halides is 1. The molecule has 3 rings (SSSR count). The number of hydrogen-bond acceptors (Lipinski definition) is 3. The van der Waals surface area contributed by atoms with E-state index in [9.17, 15) is 4.39 Å². The summed E-state index contributed by atoms with van der Waals surface area (Å²) in [5.74, 6) is 0.824. The van der Waals surface area contributed by atoms with Crippen LogP contribution in [0.3, 0.4) is 0 Å². The van der Waals surface area contributed by atoms with Crippen molar-refractivity contribution in [3.05, 3.63) is 65.5 Å². The molecule has 1 heterocycles. The van der Waals surface area contributed by atoms with Crippen LogP contribution in [0.4, 0.5) is 4.39 Å². The topological polar surface area (TPSA) is 30.2 Å². The molecule has 5 heteroatoms. The van der Waals surface area contributed by atoms with Gasteiger partial charge in [-0.1, -0.05) is 48.5 Å². The first-order valence-corrected chi connectivity index (χ1v) is 7.43. The van der Waals surface area contributed by atoms with Crippen LogP contribution in [0.1, 0.15) is 0 Å². The fraction of sp³-hybridized carbons (Fsp3) is 0.125. The Bertz CT molecular complexity index is 703. The molecule has 3 aromatic rings. The Hall–Kier alpha value is -2.27. The van der Waals surface area contributed by atoms with Crippen molar-refractivity contribution in [1.29, 1.82) is 0 Å². The highest BCUT2D eigenvalue weighted by Gasteiger charge is 2.10. The molecule has 21 heavy (non-hydrogen) atoms. The van der Waals surface area contributed by atoms with Crippen LogP contribution in [0.15, 0.2) is 65.7 Å². The highest BCUT2D eigenvalue weighted by molar-refractivity contribution is 7.04. The van der Waals surface area contributed by atoms with Crippen LogP contribution in [-0.2, 0) is 0 Å². The van der Waals surface area contributed by atoms with Crippen molar-refractivity contribution < 1.29 is 4.39 Å². The number of halogens is 1. The molecule has 0 radical (unpaired) electrons. The van der Waals surface area contributed by atoms with Gasteiger partial charge in [-0.15, -0.1) is 0 Å². The van der Waals surface area contributed by atoms with Crippen LogP contribution in [-0.4, -0.2) is 22.2 Å². The molecule has 0 aliphatic rings. The third-order valence-electron chi connectivity index (χ3n) is 2.92. The van der Waals surface area contributed by atoms with E-state index in [1.54, 1.807) is 0 Å². The summed E-state index contributed by atoms with van der Waals surface area (Å²) in [5.41, 5.74) is 2.04. The van der Waals surface area contributed by atoms with Crippen LogP contribution in [0.5, 0.6) is 0 Å². The standard InChI is InChI=1S/C16H14FN3S/c17-11-12-18-16-19-15(13-7-3-1-4-8-13)20(21-16)14-9-5-2-6-10-14/h1-10H,11-12H2. The molecule has 0 bridgehead atoms. The van der Waals surface area contributed by atoms with Crippen LogP contribution in [0.2, 0.25) is 0 Å². The molecule has 0 aliphatic heterocycles. The van der Waals surface area contributed by atoms with Crippen molar-refractivity contribution in [3.8, 4) is 17.1 Å². The number of para-hydroxylation sites is 1. The molecule has 0 unspecified atom stereocenters. The predicted octanol–water partition coefficient (Wildman–Crippen LogP) is 3.47. The Labute approximate surface area is 126 Å². The van der Waals surface area contributed by atoms with E-state index in [2.05, 4.69) is 9.98 Å². The van der Waals surface area contributed by atoms with E-state index in [1.807, 2.05) is 64.6 Å². The summed E-state index contributed by atoms with van der Waals surface area (Å²) in [5, 5.41) is 0. The zero-order valence-corrected chi connectivity index (χ0v) is 12.1. The first-order chi connectivity index (χ1) is 10.4. The molecule has 0 atom stereocenters. The quantitative estimate of drug-likeness (QED) is 0.725. The average Bonchev–Trinajstić information content (AvgIpc) is 2.99. The highest BCUT2D eigenvalue weighted by atomic mass is 32.1. The molecular formula is C16H14FN3S. The first-order valence-electron chi connectivity index (χ1n) is 6.66. The molecule has 2 aromatic carbocycles. The number of benzene rings is 2. The third-order valence-corrected chi connectivity index (χ3v) is 3.87. The van der Waals surface area contributed by atoms with Gasteiger partial charge >= 0.3 is 0 Å². The van der Waals surface area contributed by atoms with Gasteiger partial charge in [-0.3, -0.25) is 4.99 Å².